The van der Waals surface area contributed by atoms with Crippen molar-refractivity contribution >= 4 is 11.6 Å². The number of fused-ring (bicyclic) bond motifs is 1. The summed E-state index contributed by atoms with van der Waals surface area (Å²) in [6, 6.07) is 0. The maximum Gasteiger partial charge on any atom is 0.243 e. The van der Waals surface area contributed by atoms with Crippen LogP contribution in [0.25, 0.3) is 5.65 Å². The molecule has 0 aliphatic carbocycles. The van der Waals surface area contributed by atoms with Gasteiger partial charge in [-0.2, -0.15) is 4.52 Å². The molecule has 0 atom stereocenters. The minimum absolute atomic E-state index is 0.657. The van der Waals surface area contributed by atoms with Gasteiger partial charge in [0.2, 0.25) is 5.95 Å². The Kier molecular flexibility index (Phi) is 1.61. The minimum Gasteiger partial charge on any atom is -0.346 e. The first-order chi connectivity index (χ1) is 6.18. The van der Waals surface area contributed by atoms with Crippen molar-refractivity contribution < 1.29 is 0 Å². The number of aryl methyl sites for hydroxylation is 1. The Morgan fingerprint density at radius 3 is 2.85 bits per heavy atom. The third kappa shape index (κ3) is 1.20. The van der Waals surface area contributed by atoms with Crippen LogP contribution in [0.1, 0.15) is 5.69 Å². The number of anilines is 1. The molecular weight excluding hydrogens is 168 g/mol. The number of rotatable bonds is 1. The first kappa shape index (κ1) is 7.90. The van der Waals surface area contributed by atoms with Crippen LogP contribution in [-0.4, -0.2) is 38.9 Å². The van der Waals surface area contributed by atoms with Crippen LogP contribution in [0.3, 0.4) is 0 Å². The van der Waals surface area contributed by atoms with Crippen molar-refractivity contribution in [3.63, 3.8) is 0 Å². The molecule has 2 aromatic rings. The molecule has 6 nitrogen and oxygen atoms in total. The van der Waals surface area contributed by atoms with E-state index in [0.29, 0.717) is 11.6 Å². The van der Waals surface area contributed by atoms with Crippen LogP contribution in [-0.2, 0) is 0 Å². The summed E-state index contributed by atoms with van der Waals surface area (Å²) in [5.74, 6) is 0.657. The summed E-state index contributed by atoms with van der Waals surface area (Å²) in [4.78, 5) is 6.10. The predicted molar refractivity (Wildman–Crippen MR) is 47.6 cm³/mol. The zero-order chi connectivity index (χ0) is 9.42. The summed E-state index contributed by atoms with van der Waals surface area (Å²) < 4.78 is 1.62. The monoisotopic (exact) mass is 178 g/mol. The summed E-state index contributed by atoms with van der Waals surface area (Å²) in [6.45, 7) is 1.89. The second-order valence-electron chi connectivity index (χ2n) is 2.99. The SMILES string of the molecule is Cc1nc(N(C)C)nn2cnnc12. The Hall–Kier alpha value is -1.72. The van der Waals surface area contributed by atoms with Gasteiger partial charge < -0.3 is 4.90 Å². The molecule has 2 aromatic heterocycles. The third-order valence-electron chi connectivity index (χ3n) is 1.72. The van der Waals surface area contributed by atoms with E-state index >= 15 is 0 Å². The van der Waals surface area contributed by atoms with E-state index in [2.05, 4.69) is 20.3 Å². The molecule has 0 aliphatic heterocycles. The van der Waals surface area contributed by atoms with E-state index in [1.165, 1.54) is 0 Å². The first-order valence-electron chi connectivity index (χ1n) is 3.90. The van der Waals surface area contributed by atoms with Crippen LogP contribution in [0, 0.1) is 6.92 Å². The van der Waals surface area contributed by atoms with Gasteiger partial charge in [0.1, 0.15) is 6.33 Å². The van der Waals surface area contributed by atoms with Gasteiger partial charge in [-0.05, 0) is 6.92 Å². The predicted octanol–water partition coefficient (Wildman–Crippen LogP) is -0.106. The van der Waals surface area contributed by atoms with E-state index in [-0.39, 0.29) is 0 Å². The lowest BCUT2D eigenvalue weighted by Gasteiger charge is -2.09. The number of aromatic nitrogens is 5. The van der Waals surface area contributed by atoms with Crippen LogP contribution in [0.2, 0.25) is 0 Å². The maximum atomic E-state index is 4.26. The fourth-order valence-corrected chi connectivity index (χ4v) is 1.05. The standard InChI is InChI=1S/C7H10N6/c1-5-6-10-8-4-13(6)11-7(9-5)12(2)3/h4H,1-3H3. The molecule has 6 heteroatoms. The van der Waals surface area contributed by atoms with Crippen molar-refractivity contribution in [1.82, 2.24) is 24.8 Å². The van der Waals surface area contributed by atoms with Gasteiger partial charge in [-0.3, -0.25) is 0 Å². The van der Waals surface area contributed by atoms with E-state index in [1.807, 2.05) is 25.9 Å². The van der Waals surface area contributed by atoms with Gasteiger partial charge in [0.15, 0.2) is 5.65 Å². The third-order valence-corrected chi connectivity index (χ3v) is 1.72. The number of hydrogen-bond acceptors (Lipinski definition) is 5. The second kappa shape index (κ2) is 2.65. The summed E-state index contributed by atoms with van der Waals surface area (Å²) in [6.07, 6.45) is 1.57. The van der Waals surface area contributed by atoms with Crippen molar-refractivity contribution in [3.05, 3.63) is 12.0 Å². The van der Waals surface area contributed by atoms with Crippen molar-refractivity contribution in [2.75, 3.05) is 19.0 Å². The lowest BCUT2D eigenvalue weighted by atomic mass is 10.5. The molecule has 0 aliphatic rings. The van der Waals surface area contributed by atoms with Crippen molar-refractivity contribution in [2.45, 2.75) is 6.92 Å². The van der Waals surface area contributed by atoms with Crippen LogP contribution >= 0.6 is 0 Å². The van der Waals surface area contributed by atoms with E-state index < -0.39 is 0 Å². The Morgan fingerprint density at radius 2 is 2.15 bits per heavy atom. The van der Waals surface area contributed by atoms with Crippen molar-refractivity contribution in [2.24, 2.45) is 0 Å². The van der Waals surface area contributed by atoms with E-state index in [0.717, 1.165) is 5.69 Å². The van der Waals surface area contributed by atoms with E-state index in [1.54, 1.807) is 10.8 Å². The zero-order valence-electron chi connectivity index (χ0n) is 7.76. The summed E-state index contributed by atoms with van der Waals surface area (Å²) in [7, 11) is 3.79. The molecule has 0 radical (unpaired) electrons. The van der Waals surface area contributed by atoms with Gasteiger partial charge in [0.25, 0.3) is 0 Å². The largest absolute Gasteiger partial charge is 0.346 e. The molecule has 13 heavy (non-hydrogen) atoms. The minimum atomic E-state index is 0.657. The molecule has 2 heterocycles. The molecule has 0 bridgehead atoms. The van der Waals surface area contributed by atoms with Crippen LogP contribution < -0.4 is 4.90 Å². The first-order valence-corrected chi connectivity index (χ1v) is 3.90. The second-order valence-corrected chi connectivity index (χ2v) is 2.99. The highest BCUT2D eigenvalue weighted by molar-refractivity contribution is 5.43. The fraction of sp³-hybridized carbons (Fsp3) is 0.429. The van der Waals surface area contributed by atoms with Crippen LogP contribution in [0.5, 0.6) is 0 Å². The lowest BCUT2D eigenvalue weighted by Crippen LogP contribution is -2.15. The van der Waals surface area contributed by atoms with Gasteiger partial charge >= 0.3 is 0 Å². The van der Waals surface area contributed by atoms with Crippen LogP contribution in [0.4, 0.5) is 5.95 Å². The van der Waals surface area contributed by atoms with E-state index in [9.17, 15) is 0 Å². The molecule has 68 valence electrons. The molecule has 0 spiro atoms. The smallest absolute Gasteiger partial charge is 0.243 e. The quantitative estimate of drug-likeness (QED) is 0.610. The average molecular weight is 178 g/mol. The molecule has 0 saturated heterocycles. The highest BCUT2D eigenvalue weighted by atomic mass is 15.4. The molecule has 0 amide bonds. The molecule has 0 unspecified atom stereocenters. The molecule has 0 aromatic carbocycles. The summed E-state index contributed by atoms with van der Waals surface area (Å²) in [5.41, 5.74) is 1.53. The van der Waals surface area contributed by atoms with Gasteiger partial charge in [-0.25, -0.2) is 4.98 Å². The Morgan fingerprint density at radius 1 is 1.38 bits per heavy atom. The Balaban J connectivity index is 2.70. The normalized spacial score (nSPS) is 10.7. The highest BCUT2D eigenvalue weighted by Gasteiger charge is 2.06. The van der Waals surface area contributed by atoms with Gasteiger partial charge in [0, 0.05) is 14.1 Å². The summed E-state index contributed by atoms with van der Waals surface area (Å²) in [5, 5.41) is 11.8. The topological polar surface area (TPSA) is 59.2 Å². The average Bonchev–Trinajstić information content (AvgIpc) is 2.51. The number of nitrogens with zero attached hydrogens (tertiary/aromatic N) is 6. The summed E-state index contributed by atoms with van der Waals surface area (Å²) >= 11 is 0. The Labute approximate surface area is 75.2 Å². The maximum absolute atomic E-state index is 4.26. The molecular formula is C7H10N6. The van der Waals surface area contributed by atoms with Gasteiger partial charge in [-0.15, -0.1) is 15.3 Å². The van der Waals surface area contributed by atoms with Gasteiger partial charge in [0.05, 0.1) is 5.69 Å². The lowest BCUT2D eigenvalue weighted by molar-refractivity contribution is 0.844. The molecule has 2 rings (SSSR count). The van der Waals surface area contributed by atoms with Gasteiger partial charge in [-0.1, -0.05) is 0 Å². The highest BCUT2D eigenvalue weighted by Crippen LogP contribution is 2.07. The molecule has 0 N–H and O–H groups in total. The Bertz CT molecular complexity index is 431. The van der Waals surface area contributed by atoms with Crippen molar-refractivity contribution in [3.8, 4) is 0 Å². The molecule has 0 fully saturated rings. The van der Waals surface area contributed by atoms with Crippen molar-refractivity contribution in [1.29, 1.82) is 0 Å². The fourth-order valence-electron chi connectivity index (χ4n) is 1.05. The number of hydrogen-bond donors (Lipinski definition) is 0. The molecule has 0 saturated carbocycles. The van der Waals surface area contributed by atoms with E-state index in [4.69, 9.17) is 0 Å². The van der Waals surface area contributed by atoms with Crippen LogP contribution in [0.15, 0.2) is 6.33 Å². The zero-order valence-corrected chi connectivity index (χ0v) is 7.76.